The number of hydrogen-bond acceptors (Lipinski definition) is 2. The Balaban J connectivity index is 1.91. The van der Waals surface area contributed by atoms with Crippen molar-refractivity contribution < 1.29 is 4.79 Å². The van der Waals surface area contributed by atoms with E-state index >= 15 is 0 Å². The Hall–Kier alpha value is -1.55. The van der Waals surface area contributed by atoms with Gasteiger partial charge in [0.25, 0.3) is 0 Å². The van der Waals surface area contributed by atoms with Crippen molar-refractivity contribution in [1.82, 2.24) is 5.43 Å². The molecule has 0 aromatic heterocycles. The second kappa shape index (κ2) is 7.46. The van der Waals surface area contributed by atoms with Crippen LogP contribution in [0.5, 0.6) is 0 Å². The number of carbonyl (C=O) groups excluding carboxylic acids is 1. The van der Waals surface area contributed by atoms with E-state index in [0.717, 1.165) is 5.56 Å². The number of nitrogens with one attached hydrogen (secondary N) is 1. The van der Waals surface area contributed by atoms with E-state index < -0.39 is 0 Å². The van der Waals surface area contributed by atoms with Gasteiger partial charge in [-0.1, -0.05) is 53.0 Å². The molecule has 0 atom stereocenters. The second-order valence-electron chi connectivity index (χ2n) is 4.26. The Labute approximate surface area is 137 Å². The first-order valence-electron chi connectivity index (χ1n) is 6.06. The van der Waals surface area contributed by atoms with Crippen LogP contribution in [0.2, 0.25) is 15.1 Å². The highest BCUT2D eigenvalue weighted by molar-refractivity contribution is 6.36. The predicted octanol–water partition coefficient (Wildman–Crippen LogP) is 4.34. The van der Waals surface area contributed by atoms with E-state index in [9.17, 15) is 4.79 Å². The van der Waals surface area contributed by atoms with Crippen molar-refractivity contribution in [2.45, 2.75) is 6.42 Å². The van der Waals surface area contributed by atoms with Gasteiger partial charge in [-0.2, -0.15) is 5.10 Å². The van der Waals surface area contributed by atoms with Crippen molar-refractivity contribution in [3.05, 3.63) is 68.7 Å². The van der Waals surface area contributed by atoms with E-state index in [1.807, 2.05) is 0 Å². The molecule has 2 aromatic carbocycles. The number of carbonyl (C=O) groups is 1. The van der Waals surface area contributed by atoms with Gasteiger partial charge in [0.05, 0.1) is 17.7 Å². The van der Waals surface area contributed by atoms with Gasteiger partial charge in [0, 0.05) is 15.6 Å². The third-order valence-electron chi connectivity index (χ3n) is 2.63. The minimum Gasteiger partial charge on any atom is -0.273 e. The summed E-state index contributed by atoms with van der Waals surface area (Å²) >= 11 is 17.6. The highest BCUT2D eigenvalue weighted by Crippen LogP contribution is 2.19. The molecule has 0 radical (unpaired) electrons. The summed E-state index contributed by atoms with van der Waals surface area (Å²) in [5.74, 6) is -0.223. The summed E-state index contributed by atoms with van der Waals surface area (Å²) in [5.41, 5.74) is 3.97. The molecule has 0 aliphatic carbocycles. The fourth-order valence-corrected chi connectivity index (χ4v) is 2.19. The van der Waals surface area contributed by atoms with Gasteiger partial charge in [-0.3, -0.25) is 4.79 Å². The van der Waals surface area contributed by atoms with Gasteiger partial charge >= 0.3 is 0 Å². The van der Waals surface area contributed by atoms with E-state index in [4.69, 9.17) is 34.8 Å². The number of halogens is 3. The Bertz CT molecular complexity index is 669. The monoisotopic (exact) mass is 340 g/mol. The standard InChI is InChI=1S/C15H11Cl3N2O/c16-12-4-1-10(2-5-12)7-15(21)20-19-9-11-3-6-13(17)8-14(11)18/h1-6,8-9H,7H2,(H,20,21). The maximum atomic E-state index is 11.7. The van der Waals surface area contributed by atoms with E-state index in [1.165, 1.54) is 6.21 Å². The van der Waals surface area contributed by atoms with Crippen LogP contribution in [0.1, 0.15) is 11.1 Å². The van der Waals surface area contributed by atoms with Crippen LogP contribution in [0, 0.1) is 0 Å². The maximum Gasteiger partial charge on any atom is 0.244 e. The molecule has 2 rings (SSSR count). The van der Waals surface area contributed by atoms with Gasteiger partial charge in [-0.15, -0.1) is 0 Å². The molecule has 0 aliphatic rings. The Morgan fingerprint density at radius 3 is 2.38 bits per heavy atom. The molecule has 0 saturated carbocycles. The van der Waals surface area contributed by atoms with Gasteiger partial charge in [0.2, 0.25) is 5.91 Å². The topological polar surface area (TPSA) is 41.5 Å². The molecule has 0 bridgehead atoms. The molecule has 2 aromatic rings. The lowest BCUT2D eigenvalue weighted by Crippen LogP contribution is -2.19. The molecule has 108 valence electrons. The summed E-state index contributed by atoms with van der Waals surface area (Å²) in [6.07, 6.45) is 1.70. The minimum atomic E-state index is -0.223. The summed E-state index contributed by atoms with van der Waals surface area (Å²) in [5, 5.41) is 5.52. The molecule has 0 saturated heterocycles. The zero-order chi connectivity index (χ0) is 15.2. The third-order valence-corrected chi connectivity index (χ3v) is 3.45. The van der Waals surface area contributed by atoms with E-state index in [0.29, 0.717) is 20.6 Å². The molecule has 0 heterocycles. The van der Waals surface area contributed by atoms with Crippen LogP contribution >= 0.6 is 34.8 Å². The van der Waals surface area contributed by atoms with Crippen molar-refractivity contribution in [3.63, 3.8) is 0 Å². The zero-order valence-corrected chi connectivity index (χ0v) is 13.1. The lowest BCUT2D eigenvalue weighted by molar-refractivity contribution is -0.120. The SMILES string of the molecule is O=C(Cc1ccc(Cl)cc1)NN=Cc1ccc(Cl)cc1Cl. The van der Waals surface area contributed by atoms with Gasteiger partial charge in [0.15, 0.2) is 0 Å². The van der Waals surface area contributed by atoms with Crippen LogP contribution < -0.4 is 5.43 Å². The molecular formula is C15H11Cl3N2O. The van der Waals surface area contributed by atoms with Crippen LogP contribution in [0.25, 0.3) is 0 Å². The highest BCUT2D eigenvalue weighted by atomic mass is 35.5. The van der Waals surface area contributed by atoms with Crippen molar-refractivity contribution in [1.29, 1.82) is 0 Å². The molecule has 3 nitrogen and oxygen atoms in total. The summed E-state index contributed by atoms with van der Waals surface area (Å²) in [4.78, 5) is 11.7. The summed E-state index contributed by atoms with van der Waals surface area (Å²) in [6.45, 7) is 0. The normalized spacial score (nSPS) is 10.8. The Kier molecular flexibility index (Phi) is 5.62. The molecule has 21 heavy (non-hydrogen) atoms. The molecule has 0 fully saturated rings. The van der Waals surface area contributed by atoms with Crippen molar-refractivity contribution >= 4 is 46.9 Å². The van der Waals surface area contributed by atoms with Gasteiger partial charge in [-0.25, -0.2) is 5.43 Å². The van der Waals surface area contributed by atoms with Crippen LogP contribution in [0.4, 0.5) is 0 Å². The molecule has 1 amide bonds. The average Bonchev–Trinajstić information content (AvgIpc) is 2.44. The predicted molar refractivity (Wildman–Crippen MR) is 87.4 cm³/mol. The third kappa shape index (κ3) is 5.05. The molecule has 0 spiro atoms. The van der Waals surface area contributed by atoms with Gasteiger partial charge < -0.3 is 0 Å². The van der Waals surface area contributed by atoms with Crippen LogP contribution in [-0.2, 0) is 11.2 Å². The second-order valence-corrected chi connectivity index (χ2v) is 5.54. The number of rotatable bonds is 4. The lowest BCUT2D eigenvalue weighted by atomic mass is 10.1. The summed E-state index contributed by atoms with van der Waals surface area (Å²) < 4.78 is 0. The van der Waals surface area contributed by atoms with Crippen LogP contribution in [-0.4, -0.2) is 12.1 Å². The fourth-order valence-electron chi connectivity index (χ4n) is 1.61. The number of benzene rings is 2. The van der Waals surface area contributed by atoms with E-state index in [2.05, 4.69) is 10.5 Å². The minimum absolute atomic E-state index is 0.223. The zero-order valence-electron chi connectivity index (χ0n) is 10.8. The molecule has 6 heteroatoms. The Morgan fingerprint density at radius 2 is 1.71 bits per heavy atom. The fraction of sp³-hybridized carbons (Fsp3) is 0.0667. The van der Waals surface area contributed by atoms with Gasteiger partial charge in [-0.05, 0) is 29.8 Å². The van der Waals surface area contributed by atoms with E-state index in [1.54, 1.807) is 42.5 Å². The average molecular weight is 342 g/mol. The first-order chi connectivity index (χ1) is 10.0. The first-order valence-corrected chi connectivity index (χ1v) is 7.19. The maximum absolute atomic E-state index is 11.7. The molecule has 0 unspecified atom stereocenters. The smallest absolute Gasteiger partial charge is 0.244 e. The largest absolute Gasteiger partial charge is 0.273 e. The molecule has 1 N–H and O–H groups in total. The molecule has 0 aliphatic heterocycles. The Morgan fingerprint density at radius 1 is 1.05 bits per heavy atom. The van der Waals surface area contributed by atoms with Crippen molar-refractivity contribution in [2.24, 2.45) is 5.10 Å². The lowest BCUT2D eigenvalue weighted by Gasteiger charge is -2.01. The number of hydrogen-bond donors (Lipinski definition) is 1. The first kappa shape index (κ1) is 15.8. The summed E-state index contributed by atoms with van der Waals surface area (Å²) in [7, 11) is 0. The number of nitrogens with zero attached hydrogens (tertiary/aromatic N) is 1. The van der Waals surface area contributed by atoms with Crippen molar-refractivity contribution in [2.75, 3.05) is 0 Å². The van der Waals surface area contributed by atoms with Crippen LogP contribution in [0.15, 0.2) is 47.6 Å². The molecular weight excluding hydrogens is 331 g/mol. The quantitative estimate of drug-likeness (QED) is 0.652. The number of amides is 1. The van der Waals surface area contributed by atoms with E-state index in [-0.39, 0.29) is 12.3 Å². The number of hydrazone groups is 1. The van der Waals surface area contributed by atoms with Crippen molar-refractivity contribution in [3.8, 4) is 0 Å². The summed E-state index contributed by atoms with van der Waals surface area (Å²) in [6, 6.07) is 12.1. The van der Waals surface area contributed by atoms with Gasteiger partial charge in [0.1, 0.15) is 0 Å². The van der Waals surface area contributed by atoms with Crippen LogP contribution in [0.3, 0.4) is 0 Å². The highest BCUT2D eigenvalue weighted by Gasteiger charge is 2.02.